The van der Waals surface area contributed by atoms with Crippen molar-refractivity contribution in [1.82, 2.24) is 14.4 Å². The van der Waals surface area contributed by atoms with Gasteiger partial charge in [0.15, 0.2) is 0 Å². The number of aromatic nitrogens is 3. The summed E-state index contributed by atoms with van der Waals surface area (Å²) in [5.41, 5.74) is 0.736. The summed E-state index contributed by atoms with van der Waals surface area (Å²) >= 11 is 0. The Bertz CT molecular complexity index is 1550. The fourth-order valence-electron chi connectivity index (χ4n) is 3.27. The minimum absolute atomic E-state index is 0.0330. The average molecular weight is 490 g/mol. The van der Waals surface area contributed by atoms with E-state index in [4.69, 9.17) is 4.74 Å². The Morgan fingerprint density at radius 3 is 2.38 bits per heavy atom. The zero-order chi connectivity index (χ0) is 24.7. The largest absolute Gasteiger partial charge is 0.480 e. The number of alkyl halides is 3. The molecule has 3 aromatic heterocycles. The van der Waals surface area contributed by atoms with Gasteiger partial charge in [0, 0.05) is 35.3 Å². The summed E-state index contributed by atoms with van der Waals surface area (Å²) in [6, 6.07) is 9.25. The molecule has 4 aromatic rings. The SMILES string of the molecule is COc1ncc(-c2ccc3nc(C)cc(=O)n3c2)cc1NS(=O)(=O)c1ccc(C(F)(F)F)cc1. The molecule has 0 radical (unpaired) electrons. The lowest BCUT2D eigenvalue weighted by atomic mass is 10.1. The van der Waals surface area contributed by atoms with Crippen molar-refractivity contribution in [3.63, 3.8) is 0 Å². The molecule has 0 aliphatic rings. The van der Waals surface area contributed by atoms with Gasteiger partial charge in [-0.15, -0.1) is 0 Å². The molecule has 34 heavy (non-hydrogen) atoms. The average Bonchev–Trinajstić information content (AvgIpc) is 2.78. The molecule has 0 fully saturated rings. The smallest absolute Gasteiger partial charge is 0.416 e. The Morgan fingerprint density at radius 2 is 1.74 bits per heavy atom. The van der Waals surface area contributed by atoms with E-state index in [0.717, 1.165) is 12.1 Å². The zero-order valence-electron chi connectivity index (χ0n) is 17.8. The van der Waals surface area contributed by atoms with E-state index in [0.29, 0.717) is 34.6 Å². The van der Waals surface area contributed by atoms with Crippen LogP contribution >= 0.6 is 0 Å². The van der Waals surface area contributed by atoms with Gasteiger partial charge in [-0.1, -0.05) is 0 Å². The fraction of sp³-hybridized carbons (Fsp3) is 0.136. The van der Waals surface area contributed by atoms with E-state index in [2.05, 4.69) is 14.7 Å². The van der Waals surface area contributed by atoms with E-state index >= 15 is 0 Å². The van der Waals surface area contributed by atoms with E-state index in [1.807, 2.05) is 0 Å². The van der Waals surface area contributed by atoms with E-state index in [1.165, 1.54) is 29.8 Å². The number of fused-ring (bicyclic) bond motifs is 1. The standard InChI is InChI=1S/C22H17F3N4O4S/c1-13-9-20(30)29-12-14(3-8-19(29)27-13)15-10-18(21(33-2)26-11-15)28-34(31,32)17-6-4-16(5-7-17)22(23,24)25/h3-12,28H,1-2H3. The number of nitrogens with zero attached hydrogens (tertiary/aromatic N) is 3. The molecule has 0 unspecified atom stereocenters. The quantitative estimate of drug-likeness (QED) is 0.455. The number of aryl methyl sites for hydroxylation is 1. The van der Waals surface area contributed by atoms with E-state index in [9.17, 15) is 26.4 Å². The maximum atomic E-state index is 12.8. The zero-order valence-corrected chi connectivity index (χ0v) is 18.6. The lowest BCUT2D eigenvalue weighted by Gasteiger charge is -2.14. The van der Waals surface area contributed by atoms with Crippen LogP contribution in [-0.4, -0.2) is 29.9 Å². The summed E-state index contributed by atoms with van der Waals surface area (Å²) in [5.74, 6) is -0.0468. The molecule has 4 rings (SSSR count). The molecule has 0 atom stereocenters. The number of rotatable bonds is 5. The number of nitrogens with one attached hydrogen (secondary N) is 1. The Balaban J connectivity index is 1.72. The molecule has 1 aromatic carbocycles. The first-order chi connectivity index (χ1) is 16.0. The van der Waals surface area contributed by atoms with Gasteiger partial charge >= 0.3 is 6.18 Å². The molecule has 0 amide bonds. The van der Waals surface area contributed by atoms with Gasteiger partial charge in [-0.3, -0.25) is 13.9 Å². The Hall–Kier alpha value is -3.93. The molecule has 0 aliphatic heterocycles. The van der Waals surface area contributed by atoms with E-state index in [1.54, 1.807) is 25.3 Å². The molecule has 0 bridgehead atoms. The van der Waals surface area contributed by atoms with Crippen molar-refractivity contribution >= 4 is 21.4 Å². The summed E-state index contributed by atoms with van der Waals surface area (Å²) in [6.07, 6.45) is -1.61. The monoisotopic (exact) mass is 490 g/mol. The number of hydrogen-bond acceptors (Lipinski definition) is 6. The van der Waals surface area contributed by atoms with Gasteiger partial charge in [0.2, 0.25) is 5.88 Å². The summed E-state index contributed by atoms with van der Waals surface area (Å²) in [6.45, 7) is 1.71. The highest BCUT2D eigenvalue weighted by Crippen LogP contribution is 2.32. The van der Waals surface area contributed by atoms with Crippen LogP contribution in [0.2, 0.25) is 0 Å². The number of benzene rings is 1. The minimum atomic E-state index is -4.59. The lowest BCUT2D eigenvalue weighted by Crippen LogP contribution is -2.15. The molecule has 0 spiro atoms. The molecule has 3 heterocycles. The number of hydrogen-bond donors (Lipinski definition) is 1. The molecule has 8 nitrogen and oxygen atoms in total. The Morgan fingerprint density at radius 1 is 1.03 bits per heavy atom. The van der Waals surface area contributed by atoms with Gasteiger partial charge in [-0.2, -0.15) is 13.2 Å². The third kappa shape index (κ3) is 4.57. The van der Waals surface area contributed by atoms with Crippen LogP contribution in [0.5, 0.6) is 5.88 Å². The van der Waals surface area contributed by atoms with Crippen molar-refractivity contribution in [2.24, 2.45) is 0 Å². The topological polar surface area (TPSA) is 103 Å². The number of halogens is 3. The van der Waals surface area contributed by atoms with Gasteiger partial charge in [-0.25, -0.2) is 18.4 Å². The van der Waals surface area contributed by atoms with E-state index in [-0.39, 0.29) is 22.0 Å². The summed E-state index contributed by atoms with van der Waals surface area (Å²) < 4.78 is 72.8. The lowest BCUT2D eigenvalue weighted by molar-refractivity contribution is -0.137. The molecule has 0 saturated heterocycles. The summed E-state index contributed by atoms with van der Waals surface area (Å²) in [5, 5.41) is 0. The normalized spacial score (nSPS) is 12.0. The summed E-state index contributed by atoms with van der Waals surface area (Å²) in [7, 11) is -2.96. The number of sulfonamides is 1. The van der Waals surface area contributed by atoms with Crippen LogP contribution in [0.25, 0.3) is 16.8 Å². The van der Waals surface area contributed by atoms with Crippen LogP contribution in [0.4, 0.5) is 18.9 Å². The van der Waals surface area contributed by atoms with Crippen LogP contribution in [0.1, 0.15) is 11.3 Å². The van der Waals surface area contributed by atoms with Crippen LogP contribution < -0.4 is 15.0 Å². The van der Waals surface area contributed by atoms with Gasteiger partial charge in [0.05, 0.1) is 17.6 Å². The predicted octanol–water partition coefficient (Wildman–Crippen LogP) is 3.89. The Labute approximate surface area is 191 Å². The van der Waals surface area contributed by atoms with Crippen LogP contribution in [-0.2, 0) is 16.2 Å². The molecule has 176 valence electrons. The van der Waals surface area contributed by atoms with Gasteiger partial charge < -0.3 is 4.74 Å². The molecule has 0 saturated carbocycles. The molecule has 1 N–H and O–H groups in total. The highest BCUT2D eigenvalue weighted by atomic mass is 32.2. The second kappa shape index (κ2) is 8.45. The van der Waals surface area contributed by atoms with E-state index < -0.39 is 21.8 Å². The first kappa shape index (κ1) is 23.2. The minimum Gasteiger partial charge on any atom is -0.480 e. The van der Waals surface area contributed by atoms with Gasteiger partial charge in [0.25, 0.3) is 15.6 Å². The van der Waals surface area contributed by atoms with Crippen molar-refractivity contribution in [3.05, 3.63) is 82.5 Å². The second-order valence-corrected chi connectivity index (χ2v) is 8.97. The highest BCUT2D eigenvalue weighted by molar-refractivity contribution is 7.92. The van der Waals surface area contributed by atoms with Crippen LogP contribution in [0.3, 0.4) is 0 Å². The van der Waals surface area contributed by atoms with Crippen molar-refractivity contribution in [2.45, 2.75) is 18.0 Å². The van der Waals surface area contributed by atoms with Crippen molar-refractivity contribution in [3.8, 4) is 17.0 Å². The van der Waals surface area contributed by atoms with Gasteiger partial charge in [0.1, 0.15) is 11.3 Å². The maximum absolute atomic E-state index is 12.8. The first-order valence-corrected chi connectivity index (χ1v) is 11.2. The van der Waals surface area contributed by atoms with Gasteiger partial charge in [-0.05, 0) is 49.4 Å². The second-order valence-electron chi connectivity index (χ2n) is 7.29. The predicted molar refractivity (Wildman–Crippen MR) is 118 cm³/mol. The highest BCUT2D eigenvalue weighted by Gasteiger charge is 2.30. The fourth-order valence-corrected chi connectivity index (χ4v) is 4.31. The Kier molecular flexibility index (Phi) is 5.77. The maximum Gasteiger partial charge on any atom is 0.416 e. The molecular formula is C22H17F3N4O4S. The number of pyridine rings is 2. The third-order valence-electron chi connectivity index (χ3n) is 4.90. The van der Waals surface area contributed by atoms with Crippen LogP contribution in [0.15, 0.2) is 70.6 Å². The van der Waals surface area contributed by atoms with Crippen molar-refractivity contribution < 1.29 is 26.3 Å². The first-order valence-electron chi connectivity index (χ1n) is 9.72. The molecule has 0 aliphatic carbocycles. The number of methoxy groups -OCH3 is 1. The van der Waals surface area contributed by atoms with Crippen molar-refractivity contribution in [2.75, 3.05) is 11.8 Å². The number of anilines is 1. The summed E-state index contributed by atoms with van der Waals surface area (Å²) in [4.78, 5) is 20.3. The van der Waals surface area contributed by atoms with Crippen LogP contribution in [0, 0.1) is 6.92 Å². The molecular weight excluding hydrogens is 473 g/mol. The number of ether oxygens (including phenoxy) is 1. The molecule has 12 heteroatoms. The van der Waals surface area contributed by atoms with Crippen molar-refractivity contribution in [1.29, 1.82) is 0 Å². The third-order valence-corrected chi connectivity index (χ3v) is 6.28.